The van der Waals surface area contributed by atoms with Crippen LogP contribution in [0, 0.1) is 6.92 Å². The highest BCUT2D eigenvalue weighted by molar-refractivity contribution is 5.96. The van der Waals surface area contributed by atoms with Crippen molar-refractivity contribution in [1.29, 1.82) is 0 Å². The molecular formula is C25H27N3O3. The summed E-state index contributed by atoms with van der Waals surface area (Å²) < 4.78 is 5.89. The van der Waals surface area contributed by atoms with Gasteiger partial charge in [0.2, 0.25) is 11.8 Å². The average molecular weight is 418 g/mol. The molecule has 160 valence electrons. The Labute approximate surface area is 182 Å². The zero-order valence-corrected chi connectivity index (χ0v) is 17.8. The number of para-hydroxylation sites is 3. The van der Waals surface area contributed by atoms with Gasteiger partial charge in [-0.25, -0.2) is 0 Å². The molecule has 3 aromatic rings. The molecular weight excluding hydrogens is 390 g/mol. The van der Waals surface area contributed by atoms with E-state index in [-0.39, 0.29) is 18.4 Å². The van der Waals surface area contributed by atoms with Gasteiger partial charge in [-0.1, -0.05) is 43.3 Å². The Morgan fingerprint density at radius 1 is 0.774 bits per heavy atom. The first-order valence-corrected chi connectivity index (χ1v) is 10.3. The highest BCUT2D eigenvalue weighted by Crippen LogP contribution is 2.29. The Morgan fingerprint density at radius 2 is 1.42 bits per heavy atom. The lowest BCUT2D eigenvalue weighted by Crippen LogP contribution is -2.22. The molecule has 0 spiro atoms. The predicted octanol–water partition coefficient (Wildman–Crippen LogP) is 5.58. The molecule has 3 rings (SSSR count). The Hall–Kier alpha value is -3.80. The molecule has 0 unspecified atom stereocenters. The van der Waals surface area contributed by atoms with Crippen LogP contribution in [0.2, 0.25) is 0 Å². The van der Waals surface area contributed by atoms with E-state index in [9.17, 15) is 9.59 Å². The highest BCUT2D eigenvalue weighted by atomic mass is 16.5. The molecule has 0 radical (unpaired) electrons. The molecule has 6 nitrogen and oxygen atoms in total. The van der Waals surface area contributed by atoms with E-state index in [0.717, 1.165) is 23.4 Å². The van der Waals surface area contributed by atoms with Crippen LogP contribution in [-0.4, -0.2) is 18.4 Å². The molecule has 0 aliphatic heterocycles. The molecule has 31 heavy (non-hydrogen) atoms. The summed E-state index contributed by atoms with van der Waals surface area (Å²) in [5, 5.41) is 8.95. The summed E-state index contributed by atoms with van der Waals surface area (Å²) in [6.45, 7) is 3.95. The molecule has 0 atom stereocenters. The maximum atomic E-state index is 12.6. The van der Waals surface area contributed by atoms with Crippen molar-refractivity contribution in [1.82, 2.24) is 0 Å². The number of rotatable bonds is 9. The molecule has 0 saturated carbocycles. The molecule has 0 aliphatic rings. The number of hydrogen-bond donors (Lipinski definition) is 3. The van der Waals surface area contributed by atoms with Gasteiger partial charge in [0.1, 0.15) is 5.75 Å². The first kappa shape index (κ1) is 21.9. The second-order valence-corrected chi connectivity index (χ2v) is 7.09. The van der Waals surface area contributed by atoms with Crippen molar-refractivity contribution in [3.63, 3.8) is 0 Å². The molecule has 0 saturated heterocycles. The highest BCUT2D eigenvalue weighted by Gasteiger charge is 2.11. The standard InChI is InChI=1S/C25H27N3O3/c1-3-10-24(29)27-21-15-9-14-20(18(21)2)26-17-25(30)28-22-13-7-8-16-23(22)31-19-11-5-4-6-12-19/h4-9,11-16,26H,3,10,17H2,1-2H3,(H,27,29)(H,28,30). The third-order valence-corrected chi connectivity index (χ3v) is 4.66. The van der Waals surface area contributed by atoms with Crippen molar-refractivity contribution < 1.29 is 14.3 Å². The zero-order valence-electron chi connectivity index (χ0n) is 17.8. The smallest absolute Gasteiger partial charge is 0.243 e. The van der Waals surface area contributed by atoms with Gasteiger partial charge in [-0.15, -0.1) is 0 Å². The van der Waals surface area contributed by atoms with Crippen LogP contribution < -0.4 is 20.7 Å². The van der Waals surface area contributed by atoms with Gasteiger partial charge < -0.3 is 20.7 Å². The van der Waals surface area contributed by atoms with Crippen LogP contribution >= 0.6 is 0 Å². The molecule has 6 heteroatoms. The minimum absolute atomic E-state index is 0.0180. The van der Waals surface area contributed by atoms with Gasteiger partial charge in [0.15, 0.2) is 5.75 Å². The molecule has 2 amide bonds. The monoisotopic (exact) mass is 417 g/mol. The van der Waals surface area contributed by atoms with Gasteiger partial charge >= 0.3 is 0 Å². The number of ether oxygens (including phenoxy) is 1. The predicted molar refractivity (Wildman–Crippen MR) is 125 cm³/mol. The Balaban J connectivity index is 1.62. The van der Waals surface area contributed by atoms with Crippen LogP contribution in [0.15, 0.2) is 72.8 Å². The molecule has 0 bridgehead atoms. The van der Waals surface area contributed by atoms with Gasteiger partial charge in [-0.05, 0) is 55.3 Å². The number of nitrogens with one attached hydrogen (secondary N) is 3. The SMILES string of the molecule is CCCC(=O)Nc1cccc(NCC(=O)Nc2ccccc2Oc2ccccc2)c1C. The first-order chi connectivity index (χ1) is 15.1. The van der Waals surface area contributed by atoms with Crippen molar-refractivity contribution in [3.05, 3.63) is 78.4 Å². The first-order valence-electron chi connectivity index (χ1n) is 10.3. The van der Waals surface area contributed by atoms with Crippen LogP contribution in [0.3, 0.4) is 0 Å². The summed E-state index contributed by atoms with van der Waals surface area (Å²) in [5.74, 6) is 1.04. The molecule has 0 fully saturated rings. The van der Waals surface area contributed by atoms with E-state index in [1.165, 1.54) is 0 Å². The van der Waals surface area contributed by atoms with E-state index in [0.29, 0.717) is 23.6 Å². The number of benzene rings is 3. The lowest BCUT2D eigenvalue weighted by Gasteiger charge is -2.15. The minimum atomic E-state index is -0.205. The third kappa shape index (κ3) is 6.34. The zero-order chi connectivity index (χ0) is 22.1. The van der Waals surface area contributed by atoms with Crippen LogP contribution in [0.1, 0.15) is 25.3 Å². The summed E-state index contributed by atoms with van der Waals surface area (Å²) in [5.41, 5.74) is 3.01. The Morgan fingerprint density at radius 3 is 2.19 bits per heavy atom. The third-order valence-electron chi connectivity index (χ3n) is 4.66. The van der Waals surface area contributed by atoms with Gasteiger partial charge in [-0.3, -0.25) is 9.59 Å². The summed E-state index contributed by atoms with van der Waals surface area (Å²) in [7, 11) is 0. The van der Waals surface area contributed by atoms with E-state index >= 15 is 0 Å². The number of carbonyl (C=O) groups is 2. The van der Waals surface area contributed by atoms with E-state index in [2.05, 4.69) is 16.0 Å². The number of hydrogen-bond acceptors (Lipinski definition) is 4. The quantitative estimate of drug-likeness (QED) is 0.425. The molecule has 3 N–H and O–H groups in total. The number of carbonyl (C=O) groups excluding carboxylic acids is 2. The van der Waals surface area contributed by atoms with Gasteiger partial charge in [0.25, 0.3) is 0 Å². The number of anilines is 3. The maximum Gasteiger partial charge on any atom is 0.243 e. The van der Waals surface area contributed by atoms with Crippen molar-refractivity contribution >= 4 is 28.9 Å². The van der Waals surface area contributed by atoms with Crippen LogP contribution in [-0.2, 0) is 9.59 Å². The van der Waals surface area contributed by atoms with Gasteiger partial charge in [0, 0.05) is 17.8 Å². The van der Waals surface area contributed by atoms with E-state index in [1.54, 1.807) is 6.07 Å². The molecule has 0 aliphatic carbocycles. The van der Waals surface area contributed by atoms with Crippen molar-refractivity contribution in [2.45, 2.75) is 26.7 Å². The van der Waals surface area contributed by atoms with Crippen LogP contribution in [0.25, 0.3) is 0 Å². The molecule has 3 aromatic carbocycles. The largest absolute Gasteiger partial charge is 0.455 e. The summed E-state index contributed by atoms with van der Waals surface area (Å²) in [6.07, 6.45) is 1.27. The summed E-state index contributed by atoms with van der Waals surface area (Å²) in [6, 6.07) is 22.3. The van der Waals surface area contributed by atoms with Gasteiger partial charge in [0.05, 0.1) is 12.2 Å². The topological polar surface area (TPSA) is 79.5 Å². The van der Waals surface area contributed by atoms with Crippen LogP contribution in [0.5, 0.6) is 11.5 Å². The van der Waals surface area contributed by atoms with E-state index < -0.39 is 0 Å². The van der Waals surface area contributed by atoms with Crippen molar-refractivity contribution in [2.75, 3.05) is 22.5 Å². The Bertz CT molecular complexity index is 1040. The fourth-order valence-corrected chi connectivity index (χ4v) is 3.05. The second kappa shape index (κ2) is 10.8. The summed E-state index contributed by atoms with van der Waals surface area (Å²) >= 11 is 0. The fraction of sp³-hybridized carbons (Fsp3) is 0.200. The maximum absolute atomic E-state index is 12.6. The van der Waals surface area contributed by atoms with E-state index in [1.807, 2.05) is 80.6 Å². The molecule has 0 aromatic heterocycles. The fourth-order valence-electron chi connectivity index (χ4n) is 3.05. The number of amides is 2. The normalized spacial score (nSPS) is 10.3. The lowest BCUT2D eigenvalue weighted by atomic mass is 10.1. The van der Waals surface area contributed by atoms with E-state index in [4.69, 9.17) is 4.74 Å². The van der Waals surface area contributed by atoms with Gasteiger partial charge in [-0.2, -0.15) is 0 Å². The second-order valence-electron chi connectivity index (χ2n) is 7.09. The molecule has 0 heterocycles. The average Bonchev–Trinajstić information content (AvgIpc) is 2.77. The van der Waals surface area contributed by atoms with Crippen LogP contribution in [0.4, 0.5) is 17.1 Å². The lowest BCUT2D eigenvalue weighted by molar-refractivity contribution is -0.116. The van der Waals surface area contributed by atoms with Crippen molar-refractivity contribution in [3.8, 4) is 11.5 Å². The van der Waals surface area contributed by atoms with Crippen molar-refractivity contribution in [2.24, 2.45) is 0 Å². The Kier molecular flexibility index (Phi) is 7.65. The summed E-state index contributed by atoms with van der Waals surface area (Å²) in [4.78, 5) is 24.5. The minimum Gasteiger partial charge on any atom is -0.455 e.